The fourth-order valence-electron chi connectivity index (χ4n) is 1.88. The highest BCUT2D eigenvalue weighted by Gasteiger charge is 2.38. The third-order valence-electron chi connectivity index (χ3n) is 3.16. The Hall–Kier alpha value is -2.72. The largest absolute Gasteiger partial charge is 0.450 e. The first-order valence-corrected chi connectivity index (χ1v) is 8.43. The standard InChI is InChI=1S/C17H15F3N4OS2/c18-17(19,20)14(25)10-15(26)24-23-13-8-6-12(7-9-13)22-16(27)21-11-4-2-1-3-5-11/h1-9,23H,10H2,(H,24,26)(H2,21,22,27). The number of anilines is 3. The van der Waals surface area contributed by atoms with E-state index in [2.05, 4.69) is 21.5 Å². The normalized spacial score (nSPS) is 10.6. The fourth-order valence-corrected chi connectivity index (χ4v) is 2.30. The van der Waals surface area contributed by atoms with Gasteiger partial charge in [0.1, 0.15) is 4.99 Å². The summed E-state index contributed by atoms with van der Waals surface area (Å²) in [5.41, 5.74) is 7.14. The average Bonchev–Trinajstić information content (AvgIpc) is 2.61. The first kappa shape index (κ1) is 20.6. The summed E-state index contributed by atoms with van der Waals surface area (Å²) < 4.78 is 36.5. The van der Waals surface area contributed by atoms with Crippen molar-refractivity contribution in [2.24, 2.45) is 0 Å². The van der Waals surface area contributed by atoms with Crippen LogP contribution in [0.4, 0.5) is 30.2 Å². The lowest BCUT2D eigenvalue weighted by Crippen LogP contribution is -2.33. The monoisotopic (exact) mass is 412 g/mol. The molecule has 0 aliphatic carbocycles. The molecule has 142 valence electrons. The molecule has 0 unspecified atom stereocenters. The number of ketones is 1. The number of benzene rings is 2. The molecule has 5 nitrogen and oxygen atoms in total. The third kappa shape index (κ3) is 7.19. The Morgan fingerprint density at radius 2 is 1.37 bits per heavy atom. The molecule has 27 heavy (non-hydrogen) atoms. The van der Waals surface area contributed by atoms with Crippen LogP contribution >= 0.6 is 24.4 Å². The van der Waals surface area contributed by atoms with E-state index in [-0.39, 0.29) is 4.99 Å². The molecule has 0 atom stereocenters. The second-order valence-electron chi connectivity index (χ2n) is 5.29. The van der Waals surface area contributed by atoms with Gasteiger partial charge in [-0.2, -0.15) is 13.2 Å². The molecule has 10 heteroatoms. The summed E-state index contributed by atoms with van der Waals surface area (Å²) in [6.45, 7) is 0. The molecule has 2 aromatic carbocycles. The molecule has 0 spiro atoms. The van der Waals surface area contributed by atoms with Gasteiger partial charge in [0.15, 0.2) is 5.11 Å². The quantitative estimate of drug-likeness (QED) is 0.418. The number of rotatable bonds is 6. The van der Waals surface area contributed by atoms with Crippen molar-refractivity contribution in [2.75, 3.05) is 16.1 Å². The summed E-state index contributed by atoms with van der Waals surface area (Å²) in [6, 6.07) is 16.2. The van der Waals surface area contributed by atoms with Crippen molar-refractivity contribution in [3.8, 4) is 0 Å². The van der Waals surface area contributed by atoms with E-state index in [0.29, 0.717) is 16.5 Å². The van der Waals surface area contributed by atoms with Crippen molar-refractivity contribution in [1.82, 2.24) is 5.43 Å². The Morgan fingerprint density at radius 3 is 1.93 bits per heavy atom. The smallest absolute Gasteiger partial charge is 0.332 e. The van der Waals surface area contributed by atoms with Gasteiger partial charge in [0.25, 0.3) is 0 Å². The molecule has 0 fully saturated rings. The Morgan fingerprint density at radius 1 is 0.852 bits per heavy atom. The molecule has 0 aliphatic rings. The van der Waals surface area contributed by atoms with E-state index in [1.165, 1.54) is 0 Å². The van der Waals surface area contributed by atoms with Crippen molar-refractivity contribution >= 4 is 57.4 Å². The zero-order chi connectivity index (χ0) is 19.9. The second-order valence-corrected chi connectivity index (χ2v) is 6.19. The first-order chi connectivity index (χ1) is 12.7. The minimum Gasteiger partial charge on any atom is -0.332 e. The summed E-state index contributed by atoms with van der Waals surface area (Å²) in [6.07, 6.45) is -5.81. The third-order valence-corrected chi connectivity index (χ3v) is 3.61. The van der Waals surface area contributed by atoms with Crippen molar-refractivity contribution in [3.63, 3.8) is 0 Å². The molecular weight excluding hydrogens is 397 g/mol. The summed E-state index contributed by atoms with van der Waals surface area (Å²) in [7, 11) is 0. The van der Waals surface area contributed by atoms with Crippen LogP contribution in [0.1, 0.15) is 6.42 Å². The molecule has 0 saturated carbocycles. The molecule has 4 N–H and O–H groups in total. The molecule has 0 aliphatic heterocycles. The lowest BCUT2D eigenvalue weighted by Gasteiger charge is -2.13. The number of para-hydroxylation sites is 1. The van der Waals surface area contributed by atoms with Crippen LogP contribution in [0.15, 0.2) is 54.6 Å². The average molecular weight is 412 g/mol. The van der Waals surface area contributed by atoms with Gasteiger partial charge < -0.3 is 16.1 Å². The van der Waals surface area contributed by atoms with Gasteiger partial charge in [0.05, 0.1) is 12.1 Å². The molecular formula is C17H15F3N4OS2. The summed E-state index contributed by atoms with van der Waals surface area (Å²) in [5.74, 6) is -1.90. The highest BCUT2D eigenvalue weighted by atomic mass is 32.1. The molecule has 0 amide bonds. The molecule has 0 heterocycles. The molecule has 0 saturated heterocycles. The van der Waals surface area contributed by atoms with Crippen LogP contribution < -0.4 is 21.5 Å². The first-order valence-electron chi connectivity index (χ1n) is 7.62. The van der Waals surface area contributed by atoms with Gasteiger partial charge in [0, 0.05) is 11.4 Å². The maximum absolute atomic E-state index is 12.2. The SMILES string of the molecule is O=C(CC(=S)NNc1ccc(NC(=S)Nc2ccccc2)cc1)C(F)(F)F. The molecule has 2 aromatic rings. The summed E-state index contributed by atoms with van der Waals surface area (Å²) >= 11 is 9.93. The number of thiocarbonyl (C=S) groups is 2. The van der Waals surface area contributed by atoms with Crippen LogP contribution in [-0.4, -0.2) is 22.1 Å². The predicted octanol–water partition coefficient (Wildman–Crippen LogP) is 4.26. The topological polar surface area (TPSA) is 65.2 Å². The van der Waals surface area contributed by atoms with Crippen LogP contribution in [0.2, 0.25) is 0 Å². The molecule has 0 bridgehead atoms. The van der Waals surface area contributed by atoms with Gasteiger partial charge in [-0.1, -0.05) is 30.4 Å². The maximum atomic E-state index is 12.2. The highest BCUT2D eigenvalue weighted by Crippen LogP contribution is 2.18. The van der Waals surface area contributed by atoms with Gasteiger partial charge >= 0.3 is 6.18 Å². The van der Waals surface area contributed by atoms with Gasteiger partial charge in [-0.05, 0) is 48.6 Å². The summed E-state index contributed by atoms with van der Waals surface area (Å²) in [5, 5.41) is 6.44. The minimum atomic E-state index is -4.90. The van der Waals surface area contributed by atoms with Gasteiger partial charge in [-0.15, -0.1) is 0 Å². The second kappa shape index (κ2) is 9.28. The number of nitrogens with one attached hydrogen (secondary N) is 4. The lowest BCUT2D eigenvalue weighted by molar-refractivity contribution is -0.169. The Balaban J connectivity index is 1.80. The van der Waals surface area contributed by atoms with E-state index in [1.54, 1.807) is 24.3 Å². The number of hydrogen-bond donors (Lipinski definition) is 4. The Labute approximate surface area is 164 Å². The van der Waals surface area contributed by atoms with Gasteiger partial charge in [0.2, 0.25) is 5.78 Å². The summed E-state index contributed by atoms with van der Waals surface area (Å²) in [4.78, 5) is 10.6. The number of carbonyl (C=O) groups is 1. The molecule has 2 rings (SSSR count). The number of alkyl halides is 3. The zero-order valence-corrected chi connectivity index (χ0v) is 15.4. The fraction of sp³-hybridized carbons (Fsp3) is 0.118. The van der Waals surface area contributed by atoms with Crippen molar-refractivity contribution in [3.05, 3.63) is 54.6 Å². The number of hydrazine groups is 1. The van der Waals surface area contributed by atoms with Crippen molar-refractivity contribution < 1.29 is 18.0 Å². The van der Waals surface area contributed by atoms with E-state index in [4.69, 9.17) is 24.4 Å². The highest BCUT2D eigenvalue weighted by molar-refractivity contribution is 7.80. The number of carbonyl (C=O) groups excluding carboxylic acids is 1. The van der Waals surface area contributed by atoms with Crippen LogP contribution in [-0.2, 0) is 4.79 Å². The zero-order valence-electron chi connectivity index (χ0n) is 13.8. The van der Waals surface area contributed by atoms with E-state index in [0.717, 1.165) is 5.69 Å². The van der Waals surface area contributed by atoms with Crippen molar-refractivity contribution in [1.29, 1.82) is 0 Å². The number of halogens is 3. The molecule has 0 radical (unpaired) electrons. The van der Waals surface area contributed by atoms with Crippen LogP contribution in [0.5, 0.6) is 0 Å². The van der Waals surface area contributed by atoms with Gasteiger partial charge in [-0.3, -0.25) is 10.2 Å². The minimum absolute atomic E-state index is 0.257. The maximum Gasteiger partial charge on any atom is 0.450 e. The van der Waals surface area contributed by atoms with Crippen molar-refractivity contribution in [2.45, 2.75) is 12.6 Å². The Kier molecular flexibility index (Phi) is 7.08. The molecule has 0 aromatic heterocycles. The van der Waals surface area contributed by atoms with Crippen LogP contribution in [0.25, 0.3) is 0 Å². The van der Waals surface area contributed by atoms with E-state index >= 15 is 0 Å². The van der Waals surface area contributed by atoms with Crippen LogP contribution in [0.3, 0.4) is 0 Å². The number of hydrogen-bond acceptors (Lipinski definition) is 4. The predicted molar refractivity (Wildman–Crippen MR) is 108 cm³/mol. The van der Waals surface area contributed by atoms with E-state index in [9.17, 15) is 18.0 Å². The lowest BCUT2D eigenvalue weighted by atomic mass is 10.3. The van der Waals surface area contributed by atoms with E-state index in [1.807, 2.05) is 30.3 Å². The van der Waals surface area contributed by atoms with Gasteiger partial charge in [-0.25, -0.2) is 0 Å². The Bertz CT molecular complexity index is 811. The van der Waals surface area contributed by atoms with Crippen LogP contribution in [0, 0.1) is 0 Å². The number of Topliss-reactive ketones (excluding diaryl/α,β-unsaturated/α-hetero) is 1. The van der Waals surface area contributed by atoms with E-state index < -0.39 is 18.4 Å².